The number of benzene rings is 4. The van der Waals surface area contributed by atoms with Crippen molar-refractivity contribution in [2.75, 3.05) is 5.73 Å². The second kappa shape index (κ2) is 11.0. The van der Waals surface area contributed by atoms with Crippen LogP contribution in [0.5, 0.6) is 0 Å². The summed E-state index contributed by atoms with van der Waals surface area (Å²) in [6.45, 7) is 1.97. The van der Waals surface area contributed by atoms with E-state index in [4.69, 9.17) is 15.9 Å². The van der Waals surface area contributed by atoms with E-state index in [-0.39, 0.29) is 57.9 Å². The average molecular weight is 540 g/mol. The zero-order chi connectivity index (χ0) is 28.4. The number of furan rings is 1. The van der Waals surface area contributed by atoms with Gasteiger partial charge in [-0.15, -0.1) is 0 Å². The lowest BCUT2D eigenvalue weighted by atomic mass is 9.96. The predicted octanol–water partition coefficient (Wildman–Crippen LogP) is 6.53. The summed E-state index contributed by atoms with van der Waals surface area (Å²) in [5, 5.41) is 3.36. The number of carbonyl (C=O) groups is 2. The van der Waals surface area contributed by atoms with Gasteiger partial charge in [-0.3, -0.25) is 9.59 Å². The van der Waals surface area contributed by atoms with E-state index < -0.39 is 11.7 Å². The van der Waals surface area contributed by atoms with E-state index in [9.17, 15) is 14.0 Å². The molecule has 0 spiro atoms. The molecule has 0 radical (unpaired) electrons. The Morgan fingerprint density at radius 1 is 0.925 bits per heavy atom. The number of rotatable bonds is 8. The van der Waals surface area contributed by atoms with E-state index in [1.165, 1.54) is 36.4 Å². The number of amides is 2. The number of nitrogens with two attached hydrogens (primary N) is 2. The summed E-state index contributed by atoms with van der Waals surface area (Å²) in [6, 6.07) is 22.3. The molecular weight excluding hydrogens is 512 g/mol. The van der Waals surface area contributed by atoms with Crippen LogP contribution in [0.2, 0.25) is 0 Å². The van der Waals surface area contributed by atoms with Crippen LogP contribution in [-0.2, 0) is 6.42 Å². The maximum atomic E-state index is 15.1. The number of fused-ring (bicyclic) bond motifs is 1. The molecular formula is C32H27F2N3O3. The molecule has 1 aromatic heterocycles. The fraction of sp³-hybridized carbons (Fsp3) is 0.125. The van der Waals surface area contributed by atoms with E-state index in [1.807, 2.05) is 37.3 Å². The Morgan fingerprint density at radius 3 is 2.33 bits per heavy atom. The van der Waals surface area contributed by atoms with Crippen molar-refractivity contribution in [1.82, 2.24) is 5.32 Å². The third kappa shape index (κ3) is 5.29. The molecule has 1 unspecified atom stereocenters. The molecule has 2 amide bonds. The highest BCUT2D eigenvalue weighted by molar-refractivity contribution is 6.09. The van der Waals surface area contributed by atoms with Gasteiger partial charge in [0.05, 0.1) is 11.6 Å². The van der Waals surface area contributed by atoms with E-state index >= 15 is 4.39 Å². The van der Waals surface area contributed by atoms with Gasteiger partial charge in [-0.05, 0) is 53.9 Å². The van der Waals surface area contributed by atoms with Crippen LogP contribution >= 0.6 is 0 Å². The van der Waals surface area contributed by atoms with Gasteiger partial charge in [-0.25, -0.2) is 8.78 Å². The molecule has 202 valence electrons. The van der Waals surface area contributed by atoms with Gasteiger partial charge in [0, 0.05) is 40.3 Å². The largest absolute Gasteiger partial charge is 0.460 e. The second-order valence-electron chi connectivity index (χ2n) is 9.54. The van der Waals surface area contributed by atoms with Crippen molar-refractivity contribution in [3.8, 4) is 11.1 Å². The van der Waals surface area contributed by atoms with Gasteiger partial charge < -0.3 is 21.2 Å². The zero-order valence-electron chi connectivity index (χ0n) is 21.7. The smallest absolute Gasteiger partial charge is 0.252 e. The molecule has 5 N–H and O–H groups in total. The van der Waals surface area contributed by atoms with Crippen LogP contribution in [0.25, 0.3) is 22.1 Å². The lowest BCUT2D eigenvalue weighted by molar-refractivity contribution is 0.0934. The normalized spacial score (nSPS) is 11.9. The molecule has 0 bridgehead atoms. The third-order valence-corrected chi connectivity index (χ3v) is 6.89. The van der Waals surface area contributed by atoms with Crippen LogP contribution < -0.4 is 16.8 Å². The number of halogens is 2. The predicted molar refractivity (Wildman–Crippen MR) is 151 cm³/mol. The molecule has 4 aromatic carbocycles. The van der Waals surface area contributed by atoms with Crippen molar-refractivity contribution in [2.24, 2.45) is 5.73 Å². The van der Waals surface area contributed by atoms with Gasteiger partial charge in [-0.1, -0.05) is 49.4 Å². The van der Waals surface area contributed by atoms with Gasteiger partial charge in [0.15, 0.2) is 0 Å². The van der Waals surface area contributed by atoms with E-state index in [0.717, 1.165) is 5.56 Å². The summed E-state index contributed by atoms with van der Waals surface area (Å²) >= 11 is 0. The van der Waals surface area contributed by atoms with Gasteiger partial charge in [0.25, 0.3) is 11.8 Å². The van der Waals surface area contributed by atoms with Gasteiger partial charge in [0.2, 0.25) is 0 Å². The first-order chi connectivity index (χ1) is 19.2. The lowest BCUT2D eigenvalue weighted by Crippen LogP contribution is -2.28. The molecule has 5 rings (SSSR count). The number of nitrogen functional groups attached to an aromatic ring is 1. The summed E-state index contributed by atoms with van der Waals surface area (Å²) in [7, 11) is 0. The SMILES string of the molecule is CCC(NC(=O)c1ccc(F)c(-c2cc3c(C(N)=O)c(Cc4ccc(F)cc4)oc3cc2N)c1)c1ccccc1. The second-order valence-corrected chi connectivity index (χ2v) is 9.54. The van der Waals surface area contributed by atoms with Gasteiger partial charge in [-0.2, -0.15) is 0 Å². The molecule has 0 fully saturated rings. The molecule has 1 atom stereocenters. The number of anilines is 1. The van der Waals surface area contributed by atoms with Gasteiger partial charge >= 0.3 is 0 Å². The van der Waals surface area contributed by atoms with Crippen LogP contribution in [0.15, 0.2) is 89.3 Å². The Kier molecular flexibility index (Phi) is 7.33. The minimum atomic E-state index is -0.730. The highest BCUT2D eigenvalue weighted by Crippen LogP contribution is 2.37. The summed E-state index contributed by atoms with van der Waals surface area (Å²) in [6.07, 6.45) is 0.858. The molecule has 40 heavy (non-hydrogen) atoms. The Hall–Kier alpha value is -4.98. The number of hydrogen-bond donors (Lipinski definition) is 3. The van der Waals surface area contributed by atoms with E-state index in [2.05, 4.69) is 5.32 Å². The van der Waals surface area contributed by atoms with Crippen molar-refractivity contribution in [3.05, 3.63) is 125 Å². The van der Waals surface area contributed by atoms with Crippen LogP contribution in [-0.4, -0.2) is 11.8 Å². The monoisotopic (exact) mass is 539 g/mol. The average Bonchev–Trinajstić information content (AvgIpc) is 3.29. The van der Waals surface area contributed by atoms with Crippen molar-refractivity contribution >= 4 is 28.5 Å². The first-order valence-electron chi connectivity index (χ1n) is 12.8. The molecule has 0 aliphatic heterocycles. The molecule has 1 heterocycles. The van der Waals surface area contributed by atoms with Crippen molar-refractivity contribution in [1.29, 1.82) is 0 Å². The topological polar surface area (TPSA) is 111 Å². The fourth-order valence-electron chi connectivity index (χ4n) is 4.85. The first kappa shape index (κ1) is 26.6. The minimum Gasteiger partial charge on any atom is -0.460 e. The van der Waals surface area contributed by atoms with Gasteiger partial charge in [0.1, 0.15) is 23.0 Å². The molecule has 5 aromatic rings. The van der Waals surface area contributed by atoms with Crippen LogP contribution in [0, 0.1) is 11.6 Å². The lowest BCUT2D eigenvalue weighted by Gasteiger charge is -2.18. The molecule has 0 aliphatic carbocycles. The van der Waals surface area contributed by atoms with Crippen LogP contribution in [0.4, 0.5) is 14.5 Å². The zero-order valence-corrected chi connectivity index (χ0v) is 21.7. The Balaban J connectivity index is 1.53. The summed E-state index contributed by atoms with van der Waals surface area (Å²) < 4.78 is 34.4. The Labute approximate surface area is 229 Å². The van der Waals surface area contributed by atoms with E-state index in [1.54, 1.807) is 18.2 Å². The number of carbonyl (C=O) groups excluding carboxylic acids is 2. The van der Waals surface area contributed by atoms with Crippen LogP contribution in [0.3, 0.4) is 0 Å². The molecule has 0 aliphatic rings. The quantitative estimate of drug-likeness (QED) is 0.195. The standard InChI is InChI=1S/C32H27F2N3O3/c1-2-27(19-6-4-3-5-7-19)37-32(39)20-10-13-25(34)22(15-20)23-16-24-28(17-26(23)35)40-29(30(24)31(36)38)14-18-8-11-21(33)12-9-18/h3-13,15-17,27H,2,14,35H2,1H3,(H2,36,38)(H,37,39). The highest BCUT2D eigenvalue weighted by atomic mass is 19.1. The van der Waals surface area contributed by atoms with E-state index in [0.29, 0.717) is 23.0 Å². The maximum Gasteiger partial charge on any atom is 0.252 e. The summed E-state index contributed by atoms with van der Waals surface area (Å²) in [5.74, 6) is -1.78. The Morgan fingerprint density at radius 2 is 1.65 bits per heavy atom. The highest BCUT2D eigenvalue weighted by Gasteiger charge is 2.23. The Bertz CT molecular complexity index is 1710. The molecule has 6 nitrogen and oxygen atoms in total. The third-order valence-electron chi connectivity index (χ3n) is 6.89. The van der Waals surface area contributed by atoms with Crippen LogP contribution in [0.1, 0.15) is 57.0 Å². The minimum absolute atomic E-state index is 0.0940. The fourth-order valence-corrected chi connectivity index (χ4v) is 4.85. The number of nitrogens with one attached hydrogen (secondary N) is 1. The molecule has 0 saturated carbocycles. The first-order valence-corrected chi connectivity index (χ1v) is 12.8. The molecule has 0 saturated heterocycles. The van der Waals surface area contributed by atoms with Crippen molar-refractivity contribution in [2.45, 2.75) is 25.8 Å². The number of primary amides is 1. The number of hydrogen-bond acceptors (Lipinski definition) is 4. The maximum absolute atomic E-state index is 15.1. The summed E-state index contributed by atoms with van der Waals surface area (Å²) in [5.41, 5.74) is 15.0. The van der Waals surface area contributed by atoms with Crippen molar-refractivity contribution in [3.63, 3.8) is 0 Å². The molecule has 8 heteroatoms. The summed E-state index contributed by atoms with van der Waals surface area (Å²) in [4.78, 5) is 25.6. The van der Waals surface area contributed by atoms with Crippen molar-refractivity contribution < 1.29 is 22.8 Å².